The first-order valence-electron chi connectivity index (χ1n) is 9.38. The van der Waals surface area contributed by atoms with Gasteiger partial charge in [-0.25, -0.2) is 4.98 Å². The van der Waals surface area contributed by atoms with Crippen LogP contribution in [0.15, 0.2) is 28.7 Å². The quantitative estimate of drug-likeness (QED) is 0.826. The summed E-state index contributed by atoms with van der Waals surface area (Å²) < 4.78 is 11.4. The molecule has 4 rings (SSSR count). The van der Waals surface area contributed by atoms with Crippen LogP contribution >= 0.6 is 0 Å². The average Bonchev–Trinajstić information content (AvgIpc) is 3.29. The average molecular weight is 354 g/mol. The summed E-state index contributed by atoms with van der Waals surface area (Å²) in [6.07, 6.45) is 1.78. The highest BCUT2D eigenvalue weighted by Crippen LogP contribution is 2.29. The summed E-state index contributed by atoms with van der Waals surface area (Å²) in [6.45, 7) is 9.06. The van der Waals surface area contributed by atoms with Crippen molar-refractivity contribution >= 4 is 5.91 Å². The molecule has 1 fully saturated rings. The van der Waals surface area contributed by atoms with Gasteiger partial charge in [0.05, 0.1) is 13.2 Å². The molecular weight excluding hydrogens is 328 g/mol. The zero-order valence-corrected chi connectivity index (χ0v) is 15.7. The van der Waals surface area contributed by atoms with Gasteiger partial charge in [-0.15, -0.1) is 0 Å². The van der Waals surface area contributed by atoms with E-state index in [0.717, 1.165) is 49.0 Å². The molecule has 2 aliphatic rings. The number of hydrogen-bond donors (Lipinski definition) is 0. The summed E-state index contributed by atoms with van der Waals surface area (Å²) in [4.78, 5) is 19.4. The first-order chi connectivity index (χ1) is 12.4. The fraction of sp³-hybridized carbons (Fsp3) is 0.524. The normalized spacial score (nSPS) is 20.3. The van der Waals surface area contributed by atoms with Crippen molar-refractivity contribution in [3.8, 4) is 0 Å². The molecule has 2 aromatic rings. The van der Waals surface area contributed by atoms with Crippen LogP contribution in [0.2, 0.25) is 0 Å². The molecular formula is C21H26N2O3. The number of oxazole rings is 1. The van der Waals surface area contributed by atoms with Gasteiger partial charge < -0.3 is 14.1 Å². The topological polar surface area (TPSA) is 55.6 Å². The summed E-state index contributed by atoms with van der Waals surface area (Å²) in [6, 6.07) is 8.01. The van der Waals surface area contributed by atoms with Crippen molar-refractivity contribution < 1.29 is 13.9 Å². The van der Waals surface area contributed by atoms with E-state index in [1.807, 2.05) is 17.0 Å². The number of ether oxygens (including phenoxy) is 1. The highest BCUT2D eigenvalue weighted by atomic mass is 16.5. The molecule has 3 heterocycles. The van der Waals surface area contributed by atoms with Crippen LogP contribution in [0.5, 0.6) is 0 Å². The van der Waals surface area contributed by atoms with Gasteiger partial charge in [-0.2, -0.15) is 0 Å². The van der Waals surface area contributed by atoms with Gasteiger partial charge in [-0.3, -0.25) is 4.79 Å². The van der Waals surface area contributed by atoms with Crippen LogP contribution in [0.3, 0.4) is 0 Å². The maximum Gasteiger partial charge on any atom is 0.254 e. The first kappa shape index (κ1) is 17.3. The van der Waals surface area contributed by atoms with Crippen molar-refractivity contribution in [2.24, 2.45) is 0 Å². The first-order valence-corrected chi connectivity index (χ1v) is 9.38. The van der Waals surface area contributed by atoms with Crippen molar-refractivity contribution in [1.29, 1.82) is 0 Å². The van der Waals surface area contributed by atoms with Gasteiger partial charge in [0.25, 0.3) is 5.91 Å². The van der Waals surface area contributed by atoms with Gasteiger partial charge in [0.2, 0.25) is 0 Å². The molecule has 5 heteroatoms. The zero-order chi connectivity index (χ0) is 18.3. The van der Waals surface area contributed by atoms with Crippen molar-refractivity contribution in [3.63, 3.8) is 0 Å². The molecule has 2 aliphatic heterocycles. The molecule has 1 aromatic carbocycles. The fourth-order valence-electron chi connectivity index (χ4n) is 3.57. The molecule has 1 atom stereocenters. The van der Waals surface area contributed by atoms with E-state index in [1.54, 1.807) is 0 Å². The molecule has 0 bridgehead atoms. The third-order valence-corrected chi connectivity index (χ3v) is 5.22. The van der Waals surface area contributed by atoms with E-state index in [0.29, 0.717) is 19.0 Å². The van der Waals surface area contributed by atoms with Crippen LogP contribution in [0.1, 0.15) is 66.4 Å². The van der Waals surface area contributed by atoms with E-state index < -0.39 is 0 Å². The lowest BCUT2D eigenvalue weighted by molar-refractivity contribution is 0.0727. The number of rotatable bonds is 2. The molecule has 0 spiro atoms. The van der Waals surface area contributed by atoms with Crippen LogP contribution in [0, 0.1) is 0 Å². The van der Waals surface area contributed by atoms with E-state index in [9.17, 15) is 4.79 Å². The van der Waals surface area contributed by atoms with Crippen LogP contribution in [-0.4, -0.2) is 35.5 Å². The number of nitrogens with zero attached hydrogens (tertiary/aromatic N) is 2. The van der Waals surface area contributed by atoms with E-state index in [-0.39, 0.29) is 11.3 Å². The van der Waals surface area contributed by atoms with Gasteiger partial charge in [0.1, 0.15) is 11.5 Å². The second-order valence-electron chi connectivity index (χ2n) is 8.30. The minimum Gasteiger partial charge on any atom is -0.445 e. The fourth-order valence-corrected chi connectivity index (χ4v) is 3.57. The third-order valence-electron chi connectivity index (χ3n) is 5.22. The van der Waals surface area contributed by atoms with Crippen molar-refractivity contribution in [2.75, 3.05) is 19.8 Å². The Morgan fingerprint density at radius 1 is 1.23 bits per heavy atom. The summed E-state index contributed by atoms with van der Waals surface area (Å²) >= 11 is 0. The lowest BCUT2D eigenvalue weighted by Gasteiger charge is -2.25. The summed E-state index contributed by atoms with van der Waals surface area (Å²) in [5.41, 5.74) is 2.77. The van der Waals surface area contributed by atoms with Gasteiger partial charge in [0, 0.05) is 36.5 Å². The number of fused-ring (bicyclic) bond motifs is 1. The van der Waals surface area contributed by atoms with Crippen LogP contribution in [0.4, 0.5) is 0 Å². The number of hydrogen-bond acceptors (Lipinski definition) is 4. The standard InChI is InChI=1S/C21H26N2O3/c1-21(2,3)20-22-17-12-23(10-8-18(17)26-20)19(24)15-6-4-14(5-7-15)16-9-11-25-13-16/h4-7,16H,8-13H2,1-3H3. The second-order valence-corrected chi connectivity index (χ2v) is 8.30. The molecule has 26 heavy (non-hydrogen) atoms. The van der Waals surface area contributed by atoms with E-state index in [4.69, 9.17) is 9.15 Å². The minimum atomic E-state index is -0.119. The van der Waals surface area contributed by atoms with Gasteiger partial charge >= 0.3 is 0 Å². The Labute approximate surface area is 154 Å². The molecule has 0 aliphatic carbocycles. The summed E-state index contributed by atoms with van der Waals surface area (Å²) in [5.74, 6) is 2.20. The van der Waals surface area contributed by atoms with Gasteiger partial charge in [-0.1, -0.05) is 32.9 Å². The molecule has 0 radical (unpaired) electrons. The van der Waals surface area contributed by atoms with Crippen LogP contribution < -0.4 is 0 Å². The molecule has 1 aromatic heterocycles. The van der Waals surface area contributed by atoms with Crippen molar-refractivity contribution in [3.05, 3.63) is 52.7 Å². The molecule has 0 saturated carbocycles. The highest BCUT2D eigenvalue weighted by molar-refractivity contribution is 5.94. The Balaban J connectivity index is 1.48. The van der Waals surface area contributed by atoms with E-state index in [2.05, 4.69) is 37.9 Å². The number of amides is 1. The zero-order valence-electron chi connectivity index (χ0n) is 15.7. The second kappa shape index (κ2) is 6.54. The largest absolute Gasteiger partial charge is 0.445 e. The smallest absolute Gasteiger partial charge is 0.254 e. The lowest BCUT2D eigenvalue weighted by Crippen LogP contribution is -2.35. The number of aromatic nitrogens is 1. The van der Waals surface area contributed by atoms with E-state index >= 15 is 0 Å². The Hall–Kier alpha value is -2.14. The van der Waals surface area contributed by atoms with Crippen molar-refractivity contribution in [1.82, 2.24) is 9.88 Å². The summed E-state index contributed by atoms with van der Waals surface area (Å²) in [5, 5.41) is 0. The van der Waals surface area contributed by atoms with E-state index in [1.165, 1.54) is 5.56 Å². The SMILES string of the molecule is CC(C)(C)c1nc2c(o1)CCN(C(=O)c1ccc(C3CCOC3)cc1)C2. The Morgan fingerprint density at radius 3 is 2.65 bits per heavy atom. The predicted molar refractivity (Wildman–Crippen MR) is 98.3 cm³/mol. The van der Waals surface area contributed by atoms with Crippen molar-refractivity contribution in [2.45, 2.75) is 51.5 Å². The number of carbonyl (C=O) groups excluding carboxylic acids is 1. The maximum atomic E-state index is 12.9. The molecule has 138 valence electrons. The third kappa shape index (κ3) is 3.28. The highest BCUT2D eigenvalue weighted by Gasteiger charge is 2.29. The monoisotopic (exact) mass is 354 g/mol. The van der Waals surface area contributed by atoms with Gasteiger partial charge in [0.15, 0.2) is 5.89 Å². The molecule has 1 amide bonds. The number of carbonyl (C=O) groups is 1. The maximum absolute atomic E-state index is 12.9. The molecule has 1 unspecified atom stereocenters. The Morgan fingerprint density at radius 2 is 2.00 bits per heavy atom. The molecule has 0 N–H and O–H groups in total. The van der Waals surface area contributed by atoms with Crippen LogP contribution in [0.25, 0.3) is 0 Å². The minimum absolute atomic E-state index is 0.0604. The summed E-state index contributed by atoms with van der Waals surface area (Å²) in [7, 11) is 0. The van der Waals surface area contributed by atoms with Crippen LogP contribution in [-0.2, 0) is 23.1 Å². The lowest BCUT2D eigenvalue weighted by atomic mass is 9.97. The Bertz CT molecular complexity index is 796. The molecule has 1 saturated heterocycles. The van der Waals surface area contributed by atoms with Gasteiger partial charge in [-0.05, 0) is 24.1 Å². The Kier molecular flexibility index (Phi) is 4.35. The predicted octanol–water partition coefficient (Wildman–Crippen LogP) is 3.67. The number of benzene rings is 1. The molecule has 5 nitrogen and oxygen atoms in total.